The smallest absolute Gasteiger partial charge is 0.249 e. The highest BCUT2D eigenvalue weighted by Crippen LogP contribution is 2.38. The molecule has 0 unspecified atom stereocenters. The van der Waals surface area contributed by atoms with E-state index in [9.17, 15) is 59.4 Å². The first-order valence-electron chi connectivity index (χ1n) is 15.5. The fourth-order valence-corrected chi connectivity index (χ4v) is 9.60. The monoisotopic (exact) mass is 724 g/mol. The van der Waals surface area contributed by atoms with Gasteiger partial charge in [0.05, 0.1) is 6.54 Å². The van der Waals surface area contributed by atoms with Crippen molar-refractivity contribution in [1.29, 1.82) is 0 Å². The molecule has 13 atom stereocenters. The standard InChI is InChI=1S/C29H36N6O12S2/c36-14-7-30-24(44)12-8-48-28-22(42)20(40)18(38)16(27(47)34(12)28)33-23(43)11(6-10-4-2-1-3-5-10)31-25(45)13-9-49-29-21(41)19(39)17(37)15(32-14)26(46)35(13)29/h1-5,11-13,15-22,28-29,37-42H,6-9H2,(H,30,44)(H,31,45)(H,32,36)(H,33,43)/t11-,12-,13-,15-,16-,17+,18+,19-,20-,21+,22+,28+,29+/m0/s1. The SMILES string of the molecule is O=C1CNC(=O)[C@@H]2CS[C@@H]3[C@H](O)[C@@H](O)[C@H](O)[C@H](NC(=O)[C@H](Cc4ccccc4)NC(=O)[C@@H]4CS[C@@H]5[C@H](O)[C@@H](O)[C@H](O)[C@H](N1)C(=O)N54)C(=O)N32. The second kappa shape index (κ2) is 14.0. The fraction of sp³-hybridized carbons (Fsp3) is 0.586. The van der Waals surface area contributed by atoms with Crippen molar-refractivity contribution in [1.82, 2.24) is 31.1 Å². The van der Waals surface area contributed by atoms with Crippen molar-refractivity contribution in [3.8, 4) is 0 Å². The Morgan fingerprint density at radius 2 is 1.12 bits per heavy atom. The first-order valence-corrected chi connectivity index (χ1v) is 17.6. The Kier molecular flexibility index (Phi) is 10.1. The van der Waals surface area contributed by atoms with E-state index in [1.807, 2.05) is 0 Å². The van der Waals surface area contributed by atoms with Crippen LogP contribution in [0.3, 0.4) is 0 Å². The molecule has 5 fully saturated rings. The number of nitrogens with zero attached hydrogens (tertiary/aromatic N) is 2. The Morgan fingerprint density at radius 1 is 0.612 bits per heavy atom. The van der Waals surface area contributed by atoms with Gasteiger partial charge in [0.25, 0.3) is 0 Å². The van der Waals surface area contributed by atoms with Crippen LogP contribution < -0.4 is 21.3 Å². The Balaban J connectivity index is 1.40. The van der Waals surface area contributed by atoms with Crippen molar-refractivity contribution in [2.75, 3.05) is 18.1 Å². The number of thioether (sulfide) groups is 2. The lowest BCUT2D eigenvalue weighted by molar-refractivity contribution is -0.146. The van der Waals surface area contributed by atoms with Crippen molar-refractivity contribution in [2.45, 2.75) is 84.0 Å². The quantitative estimate of drug-likeness (QED) is 0.136. The van der Waals surface area contributed by atoms with Crippen molar-refractivity contribution in [2.24, 2.45) is 0 Å². The summed E-state index contributed by atoms with van der Waals surface area (Å²) in [7, 11) is 0. The van der Waals surface area contributed by atoms with Crippen LogP contribution in [0.2, 0.25) is 0 Å². The van der Waals surface area contributed by atoms with Crippen LogP contribution in [0.25, 0.3) is 0 Å². The highest BCUT2D eigenvalue weighted by molar-refractivity contribution is 8.00. The summed E-state index contributed by atoms with van der Waals surface area (Å²) in [6, 6.07) is 0.516. The van der Waals surface area contributed by atoms with E-state index in [0.717, 1.165) is 33.3 Å². The minimum Gasteiger partial charge on any atom is -0.388 e. The maximum atomic E-state index is 13.9. The van der Waals surface area contributed by atoms with E-state index >= 15 is 0 Å². The molecule has 1 aromatic rings. The van der Waals surface area contributed by atoms with Gasteiger partial charge in [-0.2, -0.15) is 0 Å². The van der Waals surface area contributed by atoms with E-state index in [-0.39, 0.29) is 17.9 Å². The molecule has 5 saturated heterocycles. The Hall–Kier alpha value is -3.50. The van der Waals surface area contributed by atoms with Crippen LogP contribution in [0.1, 0.15) is 5.56 Å². The van der Waals surface area contributed by atoms with E-state index in [1.54, 1.807) is 30.3 Å². The van der Waals surface area contributed by atoms with Gasteiger partial charge < -0.3 is 61.7 Å². The van der Waals surface area contributed by atoms with Gasteiger partial charge in [-0.05, 0) is 5.56 Å². The normalized spacial score (nSPS) is 40.3. The van der Waals surface area contributed by atoms with Gasteiger partial charge in [-0.3, -0.25) is 28.8 Å². The minimum absolute atomic E-state index is 0.101. The summed E-state index contributed by atoms with van der Waals surface area (Å²) in [6.45, 7) is -0.779. The van der Waals surface area contributed by atoms with Gasteiger partial charge in [-0.25, -0.2) is 0 Å². The largest absolute Gasteiger partial charge is 0.388 e. The molecule has 10 N–H and O–H groups in total. The van der Waals surface area contributed by atoms with E-state index in [4.69, 9.17) is 0 Å². The predicted molar refractivity (Wildman–Crippen MR) is 169 cm³/mol. The molecule has 5 aliphatic heterocycles. The summed E-state index contributed by atoms with van der Waals surface area (Å²) in [4.78, 5) is 83.8. The molecule has 49 heavy (non-hydrogen) atoms. The molecule has 0 spiro atoms. The lowest BCUT2D eigenvalue weighted by Gasteiger charge is -2.33. The number of rotatable bonds is 2. The van der Waals surface area contributed by atoms with Crippen molar-refractivity contribution >= 4 is 59.0 Å². The Bertz CT molecular complexity index is 1510. The molecule has 0 aliphatic carbocycles. The number of hydrogen-bond donors (Lipinski definition) is 10. The van der Waals surface area contributed by atoms with E-state index < -0.39 is 120 Å². The maximum Gasteiger partial charge on any atom is 0.249 e. The maximum absolute atomic E-state index is 13.9. The molecular weight excluding hydrogens is 688 g/mol. The summed E-state index contributed by atoms with van der Waals surface area (Å²) in [6.07, 6.45) is -11.6. The number of aliphatic hydroxyl groups is 6. The van der Waals surface area contributed by atoms with Crippen LogP contribution in [0.15, 0.2) is 30.3 Å². The minimum atomic E-state index is -2.04. The zero-order chi connectivity index (χ0) is 35.3. The number of hydrogen-bond acceptors (Lipinski definition) is 14. The molecule has 6 rings (SSSR count). The topological polar surface area (TPSA) is 278 Å². The summed E-state index contributed by atoms with van der Waals surface area (Å²) in [5.74, 6) is -5.97. The van der Waals surface area contributed by atoms with Gasteiger partial charge >= 0.3 is 0 Å². The Labute approximate surface area is 286 Å². The number of nitrogens with one attached hydrogen (secondary N) is 4. The zero-order valence-corrected chi connectivity index (χ0v) is 27.2. The molecule has 266 valence electrons. The molecule has 6 amide bonds. The molecule has 5 heterocycles. The number of fused-ring (bicyclic) bond motifs is 2. The molecule has 18 nitrogen and oxygen atoms in total. The number of carbonyl (C=O) groups is 6. The molecule has 0 radical (unpaired) electrons. The number of benzene rings is 1. The summed E-state index contributed by atoms with van der Waals surface area (Å²) < 4.78 is 0. The molecule has 20 heteroatoms. The van der Waals surface area contributed by atoms with Gasteiger partial charge in [0.2, 0.25) is 35.4 Å². The lowest BCUT2D eigenvalue weighted by atomic mass is 10.0. The average molecular weight is 725 g/mol. The van der Waals surface area contributed by atoms with Crippen LogP contribution in [-0.4, -0.2) is 172 Å². The summed E-state index contributed by atoms with van der Waals surface area (Å²) >= 11 is 1.85. The lowest BCUT2D eigenvalue weighted by Crippen LogP contribution is -2.63. The molecule has 5 aliphatic rings. The second-order valence-corrected chi connectivity index (χ2v) is 14.7. The van der Waals surface area contributed by atoms with Crippen LogP contribution in [-0.2, 0) is 35.2 Å². The number of aliphatic hydroxyl groups excluding tert-OH is 6. The summed E-state index contributed by atoms with van der Waals surface area (Å²) in [5, 5.41) is 72.2. The third-order valence-electron chi connectivity index (χ3n) is 9.34. The van der Waals surface area contributed by atoms with Gasteiger partial charge in [-0.15, -0.1) is 23.5 Å². The third-order valence-corrected chi connectivity index (χ3v) is 12.0. The highest BCUT2D eigenvalue weighted by Gasteiger charge is 2.57. The first-order chi connectivity index (χ1) is 23.3. The van der Waals surface area contributed by atoms with E-state index in [1.165, 1.54) is 0 Å². The molecule has 4 bridgehead atoms. The van der Waals surface area contributed by atoms with E-state index in [0.29, 0.717) is 5.56 Å². The highest BCUT2D eigenvalue weighted by atomic mass is 32.2. The van der Waals surface area contributed by atoms with Crippen molar-refractivity contribution in [3.63, 3.8) is 0 Å². The molecule has 1 aromatic carbocycles. The first kappa shape index (κ1) is 35.3. The van der Waals surface area contributed by atoms with Crippen molar-refractivity contribution < 1.29 is 59.4 Å². The molecule has 0 aromatic heterocycles. The van der Waals surface area contributed by atoms with Gasteiger partial charge in [0.1, 0.15) is 77.6 Å². The van der Waals surface area contributed by atoms with Crippen LogP contribution in [0.4, 0.5) is 0 Å². The third kappa shape index (κ3) is 6.47. The van der Waals surface area contributed by atoms with Crippen LogP contribution >= 0.6 is 23.5 Å². The molecule has 0 saturated carbocycles. The van der Waals surface area contributed by atoms with E-state index in [2.05, 4.69) is 21.3 Å². The fourth-order valence-electron chi connectivity index (χ4n) is 6.68. The van der Waals surface area contributed by atoms with Crippen LogP contribution in [0.5, 0.6) is 0 Å². The van der Waals surface area contributed by atoms with Crippen LogP contribution in [0, 0.1) is 0 Å². The zero-order valence-electron chi connectivity index (χ0n) is 25.6. The Morgan fingerprint density at radius 3 is 1.67 bits per heavy atom. The second-order valence-electron chi connectivity index (χ2n) is 12.4. The average Bonchev–Trinajstić information content (AvgIpc) is 3.72. The number of carbonyl (C=O) groups excluding carboxylic acids is 6. The number of amides is 6. The van der Waals surface area contributed by atoms with Gasteiger partial charge in [0, 0.05) is 17.9 Å². The van der Waals surface area contributed by atoms with Gasteiger partial charge in [-0.1, -0.05) is 30.3 Å². The summed E-state index contributed by atoms with van der Waals surface area (Å²) in [5.41, 5.74) is 0.565. The van der Waals surface area contributed by atoms with Crippen molar-refractivity contribution in [3.05, 3.63) is 35.9 Å². The predicted octanol–water partition coefficient (Wildman–Crippen LogP) is -6.45. The van der Waals surface area contributed by atoms with Gasteiger partial charge in [0.15, 0.2) is 0 Å². The molecular formula is C29H36N6O12S2.